The van der Waals surface area contributed by atoms with E-state index in [0.29, 0.717) is 37.4 Å². The molecule has 2 aliphatic carbocycles. The molecule has 6 heteroatoms. The van der Waals surface area contributed by atoms with Gasteiger partial charge in [0.25, 0.3) is 0 Å². The fourth-order valence-corrected chi connectivity index (χ4v) is 5.85. The number of benzene rings is 3. The summed E-state index contributed by atoms with van der Waals surface area (Å²) in [6.07, 6.45) is 21.1. The monoisotopic (exact) mass is 640 g/mol. The number of halogens is 1. The average Bonchev–Trinajstić information content (AvgIpc) is 3.93. The van der Waals surface area contributed by atoms with Crippen molar-refractivity contribution >= 4 is 34.7 Å². The summed E-state index contributed by atoms with van der Waals surface area (Å²) in [4.78, 5) is 25.9. The molecule has 0 saturated heterocycles. The SMILES string of the molecule is C=C1C=CC=C(Oc2ccc(/C=C/CC(=O)C3(C(=O)/C=C/Cc4ccc(F)cc4)CC3)cc2)c2cc(C3=CCC=CO3)c(COC)cc21. The van der Waals surface area contributed by atoms with Crippen LogP contribution in [0.1, 0.15) is 59.1 Å². The van der Waals surface area contributed by atoms with Gasteiger partial charge in [0.05, 0.1) is 18.3 Å². The van der Waals surface area contributed by atoms with E-state index in [4.69, 9.17) is 14.2 Å². The van der Waals surface area contributed by atoms with Crippen LogP contribution in [0.2, 0.25) is 0 Å². The summed E-state index contributed by atoms with van der Waals surface area (Å²) < 4.78 is 30.9. The van der Waals surface area contributed by atoms with Gasteiger partial charge in [-0.1, -0.05) is 61.2 Å². The van der Waals surface area contributed by atoms with Crippen LogP contribution in [0.3, 0.4) is 0 Å². The highest BCUT2D eigenvalue weighted by Gasteiger charge is 2.53. The van der Waals surface area contributed by atoms with Crippen LogP contribution in [0, 0.1) is 11.2 Å². The fraction of sp³-hybridized carbons (Fsp3) is 0.190. The molecule has 3 aliphatic rings. The van der Waals surface area contributed by atoms with Gasteiger partial charge in [-0.2, -0.15) is 0 Å². The zero-order valence-electron chi connectivity index (χ0n) is 26.9. The number of ketones is 2. The van der Waals surface area contributed by atoms with E-state index in [1.54, 1.807) is 31.6 Å². The maximum Gasteiger partial charge on any atom is 0.168 e. The maximum absolute atomic E-state index is 13.1. The van der Waals surface area contributed by atoms with E-state index in [2.05, 4.69) is 18.7 Å². The highest BCUT2D eigenvalue weighted by Crippen LogP contribution is 2.48. The van der Waals surface area contributed by atoms with E-state index in [-0.39, 0.29) is 23.8 Å². The van der Waals surface area contributed by atoms with Crippen LogP contribution in [0.4, 0.5) is 4.39 Å². The van der Waals surface area contributed by atoms with Crippen LogP contribution in [0.25, 0.3) is 23.2 Å². The van der Waals surface area contributed by atoms with E-state index in [0.717, 1.165) is 51.1 Å². The molecule has 3 aromatic rings. The molecule has 1 aliphatic heterocycles. The average molecular weight is 641 g/mol. The molecular formula is C42H37FO5. The van der Waals surface area contributed by atoms with Gasteiger partial charge in [0.2, 0.25) is 0 Å². The molecule has 0 aromatic heterocycles. The topological polar surface area (TPSA) is 61.8 Å². The van der Waals surface area contributed by atoms with Crippen molar-refractivity contribution in [2.75, 3.05) is 7.11 Å². The predicted molar refractivity (Wildman–Crippen MR) is 188 cm³/mol. The zero-order chi connectivity index (χ0) is 33.5. The lowest BCUT2D eigenvalue weighted by Crippen LogP contribution is -2.23. The quantitative estimate of drug-likeness (QED) is 0.138. The lowest BCUT2D eigenvalue weighted by atomic mass is 9.92. The standard InChI is InChI=1S/C42H37FO5/c1-29-8-5-12-39(37-27-36(38-11-3-4-25-47-38)32(28-46-2)26-35(29)37)48-34-21-17-31(18-22-34)10-7-14-41(45)42(23-24-42)40(44)13-6-9-30-15-19-33(43)20-16-30/h4-8,10-13,15-22,25-27H,1,3,9,14,23-24,28H2,2H3/b10-7+,13-6+. The maximum atomic E-state index is 13.1. The Morgan fingerprint density at radius 1 is 1.00 bits per heavy atom. The number of rotatable bonds is 13. The van der Waals surface area contributed by atoms with Crippen molar-refractivity contribution in [3.8, 4) is 5.75 Å². The molecule has 1 fully saturated rings. The molecule has 3 aromatic carbocycles. The number of fused-ring (bicyclic) bond motifs is 1. The third kappa shape index (κ3) is 7.45. The van der Waals surface area contributed by atoms with Crippen molar-refractivity contribution in [3.63, 3.8) is 0 Å². The number of allylic oxidation sites excluding steroid dienone is 9. The summed E-state index contributed by atoms with van der Waals surface area (Å²) in [6.45, 7) is 4.70. The second-order valence-corrected chi connectivity index (χ2v) is 12.1. The van der Waals surface area contributed by atoms with Crippen LogP contribution in [-0.2, 0) is 32.1 Å². The van der Waals surface area contributed by atoms with Crippen LogP contribution < -0.4 is 4.74 Å². The number of Topliss-reactive ketones (excluding diaryl/α,β-unsaturated/α-hetero) is 1. The lowest BCUT2D eigenvalue weighted by Gasteiger charge is -2.20. The molecule has 0 spiro atoms. The summed E-state index contributed by atoms with van der Waals surface area (Å²) in [6, 6.07) is 18.0. The molecule has 0 unspecified atom stereocenters. The van der Waals surface area contributed by atoms with E-state index in [1.165, 1.54) is 18.2 Å². The third-order valence-corrected chi connectivity index (χ3v) is 8.71. The van der Waals surface area contributed by atoms with Crippen LogP contribution in [0.5, 0.6) is 5.75 Å². The number of carbonyl (C=O) groups excluding carboxylic acids is 2. The predicted octanol–water partition coefficient (Wildman–Crippen LogP) is 9.37. The smallest absolute Gasteiger partial charge is 0.168 e. The van der Waals surface area contributed by atoms with E-state index >= 15 is 0 Å². The Morgan fingerprint density at radius 2 is 1.79 bits per heavy atom. The van der Waals surface area contributed by atoms with Crippen molar-refractivity contribution in [1.82, 2.24) is 0 Å². The number of methoxy groups -OCH3 is 1. The molecule has 0 bridgehead atoms. The lowest BCUT2D eigenvalue weighted by molar-refractivity contribution is -0.131. The molecule has 1 saturated carbocycles. The second kappa shape index (κ2) is 14.6. The van der Waals surface area contributed by atoms with Crippen molar-refractivity contribution in [2.45, 2.75) is 38.7 Å². The first-order valence-electron chi connectivity index (χ1n) is 16.1. The van der Waals surface area contributed by atoms with Crippen molar-refractivity contribution in [2.24, 2.45) is 5.41 Å². The molecule has 242 valence electrons. The van der Waals surface area contributed by atoms with Crippen molar-refractivity contribution in [1.29, 1.82) is 0 Å². The molecule has 0 amide bonds. The van der Waals surface area contributed by atoms with Crippen molar-refractivity contribution in [3.05, 3.63) is 161 Å². The largest absolute Gasteiger partial charge is 0.465 e. The van der Waals surface area contributed by atoms with Gasteiger partial charge < -0.3 is 14.2 Å². The Balaban J connectivity index is 1.10. The first kappa shape index (κ1) is 32.6. The van der Waals surface area contributed by atoms with Crippen LogP contribution >= 0.6 is 0 Å². The summed E-state index contributed by atoms with van der Waals surface area (Å²) >= 11 is 0. The van der Waals surface area contributed by atoms with Gasteiger partial charge in [0, 0.05) is 24.7 Å². The van der Waals surface area contributed by atoms with E-state index in [1.807, 2.05) is 66.8 Å². The molecule has 6 rings (SSSR count). The zero-order valence-corrected chi connectivity index (χ0v) is 26.9. The number of hydrogen-bond donors (Lipinski definition) is 0. The number of carbonyl (C=O) groups is 2. The first-order valence-corrected chi connectivity index (χ1v) is 16.1. The summed E-state index contributed by atoms with van der Waals surface area (Å²) in [7, 11) is 1.68. The Labute approximate surface area is 280 Å². The molecule has 1 heterocycles. The minimum atomic E-state index is -0.912. The van der Waals surface area contributed by atoms with Crippen LogP contribution in [-0.4, -0.2) is 18.7 Å². The minimum Gasteiger partial charge on any atom is -0.465 e. The molecule has 48 heavy (non-hydrogen) atoms. The number of ether oxygens (including phenoxy) is 3. The Hall–Kier alpha value is -5.33. The third-order valence-electron chi connectivity index (χ3n) is 8.71. The van der Waals surface area contributed by atoms with Gasteiger partial charge in [0.1, 0.15) is 23.1 Å². The van der Waals surface area contributed by atoms with Gasteiger partial charge in [0.15, 0.2) is 11.6 Å². The molecule has 0 radical (unpaired) electrons. The summed E-state index contributed by atoms with van der Waals surface area (Å²) in [5.41, 5.74) is 5.56. The summed E-state index contributed by atoms with van der Waals surface area (Å²) in [5, 5.41) is 0. The van der Waals surface area contributed by atoms with E-state index in [9.17, 15) is 14.0 Å². The van der Waals surface area contributed by atoms with E-state index < -0.39 is 5.41 Å². The van der Waals surface area contributed by atoms with Crippen LogP contribution in [0.15, 0.2) is 122 Å². The Morgan fingerprint density at radius 3 is 2.50 bits per heavy atom. The Kier molecular flexibility index (Phi) is 9.93. The number of hydrogen-bond acceptors (Lipinski definition) is 5. The normalized spacial score (nSPS) is 16.2. The Bertz CT molecular complexity index is 1900. The minimum absolute atomic E-state index is 0.0674. The molecule has 0 N–H and O–H groups in total. The highest BCUT2D eigenvalue weighted by atomic mass is 19.1. The highest BCUT2D eigenvalue weighted by molar-refractivity contribution is 6.14. The van der Waals surface area contributed by atoms with Gasteiger partial charge in [-0.15, -0.1) is 0 Å². The van der Waals surface area contributed by atoms with Gasteiger partial charge in [-0.25, -0.2) is 4.39 Å². The molecule has 0 atom stereocenters. The van der Waals surface area contributed by atoms with Gasteiger partial charge >= 0.3 is 0 Å². The molecule has 5 nitrogen and oxygen atoms in total. The second-order valence-electron chi connectivity index (χ2n) is 12.1. The fourth-order valence-electron chi connectivity index (χ4n) is 5.85. The first-order chi connectivity index (χ1) is 23.4. The van der Waals surface area contributed by atoms with Gasteiger partial charge in [-0.05, 0) is 114 Å². The van der Waals surface area contributed by atoms with Crippen molar-refractivity contribution < 1.29 is 28.2 Å². The summed E-state index contributed by atoms with van der Waals surface area (Å²) in [5.74, 6) is 1.60. The van der Waals surface area contributed by atoms with Gasteiger partial charge in [-0.3, -0.25) is 9.59 Å². The molecular weight excluding hydrogens is 603 g/mol.